The van der Waals surface area contributed by atoms with Gasteiger partial charge in [0, 0.05) is 12.8 Å². The van der Waals surface area contributed by atoms with Crippen molar-refractivity contribution in [3.8, 4) is 12.1 Å². The molecule has 0 aliphatic heterocycles. The van der Waals surface area contributed by atoms with E-state index in [4.69, 9.17) is 10.5 Å². The topological polar surface area (TPSA) is 47.6 Å². The van der Waals surface area contributed by atoms with E-state index in [2.05, 4.69) is 25.1 Å². The van der Waals surface area contributed by atoms with Crippen LogP contribution in [0.5, 0.6) is 0 Å². The smallest absolute Gasteiger partial charge is 0.0625 e. The third-order valence-corrected chi connectivity index (χ3v) is 1.61. The molecule has 0 spiro atoms. The Kier molecular flexibility index (Phi) is 6.99. The summed E-state index contributed by atoms with van der Waals surface area (Å²) >= 11 is 0. The van der Waals surface area contributed by atoms with Crippen molar-refractivity contribution in [3.05, 3.63) is 11.6 Å². The zero-order chi connectivity index (χ0) is 9.23. The number of hydrogen-bond donors (Lipinski definition) is 0. The molecule has 0 aromatic carbocycles. The summed E-state index contributed by atoms with van der Waals surface area (Å²) in [6, 6.07) is 4.20. The van der Waals surface area contributed by atoms with Crippen LogP contribution in [0.4, 0.5) is 0 Å². The summed E-state index contributed by atoms with van der Waals surface area (Å²) in [6.45, 7) is 2.05. The number of nitriles is 2. The summed E-state index contributed by atoms with van der Waals surface area (Å²) < 4.78 is 0. The first-order valence-corrected chi connectivity index (χ1v) is 4.20. The Morgan fingerprint density at radius 1 is 1.25 bits per heavy atom. The molecule has 12 heavy (non-hydrogen) atoms. The highest BCUT2D eigenvalue weighted by Gasteiger charge is 1.89. The Balaban J connectivity index is 3.45. The van der Waals surface area contributed by atoms with Crippen LogP contribution in [-0.2, 0) is 0 Å². The summed E-state index contributed by atoms with van der Waals surface area (Å²) in [7, 11) is 0. The maximum Gasteiger partial charge on any atom is 0.0625 e. The number of rotatable bonds is 5. The van der Waals surface area contributed by atoms with Crippen LogP contribution in [0.1, 0.15) is 39.0 Å². The highest BCUT2D eigenvalue weighted by molar-refractivity contribution is 4.99. The summed E-state index contributed by atoms with van der Waals surface area (Å²) in [5.41, 5.74) is 1.29. The number of unbranched alkanes of at least 4 members (excludes halogenated alkanes) is 2. The molecule has 0 heterocycles. The van der Waals surface area contributed by atoms with Crippen LogP contribution in [0, 0.1) is 22.7 Å². The van der Waals surface area contributed by atoms with Crippen LogP contribution in [-0.4, -0.2) is 0 Å². The van der Waals surface area contributed by atoms with E-state index in [-0.39, 0.29) is 0 Å². The second kappa shape index (κ2) is 7.82. The lowest BCUT2D eigenvalue weighted by atomic mass is 10.1. The second-order valence-electron chi connectivity index (χ2n) is 2.76. The summed E-state index contributed by atoms with van der Waals surface area (Å²) in [4.78, 5) is 0. The van der Waals surface area contributed by atoms with Gasteiger partial charge in [-0.3, -0.25) is 0 Å². The molecular weight excluding hydrogens is 148 g/mol. The quantitative estimate of drug-likeness (QED) is 0.461. The van der Waals surface area contributed by atoms with E-state index in [0.717, 1.165) is 19.3 Å². The fraction of sp³-hybridized carbons (Fsp3) is 0.600. The van der Waals surface area contributed by atoms with Gasteiger partial charge < -0.3 is 0 Å². The molecule has 0 amide bonds. The average molecular weight is 162 g/mol. The van der Waals surface area contributed by atoms with Crippen LogP contribution in [0.2, 0.25) is 0 Å². The lowest BCUT2D eigenvalue weighted by Gasteiger charge is -1.96. The molecule has 0 unspecified atom stereocenters. The lowest BCUT2D eigenvalue weighted by molar-refractivity contribution is 0.831. The third kappa shape index (κ3) is 6.83. The highest BCUT2D eigenvalue weighted by Crippen LogP contribution is 2.07. The predicted octanol–water partition coefficient (Wildman–Crippen LogP) is 2.93. The Labute approximate surface area is 74.1 Å². The van der Waals surface area contributed by atoms with Crippen LogP contribution in [0.25, 0.3) is 0 Å². The minimum atomic E-state index is 0.593. The van der Waals surface area contributed by atoms with Gasteiger partial charge in [0.2, 0.25) is 0 Å². The van der Waals surface area contributed by atoms with Crippen molar-refractivity contribution in [1.29, 1.82) is 10.5 Å². The van der Waals surface area contributed by atoms with Crippen molar-refractivity contribution < 1.29 is 0 Å². The summed E-state index contributed by atoms with van der Waals surface area (Å²) in [5, 5.41) is 16.6. The van der Waals surface area contributed by atoms with Gasteiger partial charge in [-0.2, -0.15) is 10.5 Å². The maximum atomic E-state index is 8.28. The first kappa shape index (κ1) is 10.7. The van der Waals surface area contributed by atoms with E-state index >= 15 is 0 Å². The first-order valence-electron chi connectivity index (χ1n) is 4.20. The van der Waals surface area contributed by atoms with Crippen molar-refractivity contribution in [2.75, 3.05) is 0 Å². The molecule has 0 atom stereocenters. The molecule has 0 fully saturated rings. The molecule has 2 nitrogen and oxygen atoms in total. The van der Waals surface area contributed by atoms with E-state index in [0.29, 0.717) is 12.8 Å². The lowest BCUT2D eigenvalue weighted by Crippen LogP contribution is -1.78. The molecule has 0 aromatic rings. The SMILES string of the molecule is CC(=CCCC#N)CCCC#N. The van der Waals surface area contributed by atoms with Gasteiger partial charge in [0.1, 0.15) is 0 Å². The average Bonchev–Trinajstić information content (AvgIpc) is 2.06. The Morgan fingerprint density at radius 3 is 2.50 bits per heavy atom. The van der Waals surface area contributed by atoms with Gasteiger partial charge in [-0.25, -0.2) is 0 Å². The zero-order valence-electron chi connectivity index (χ0n) is 7.51. The van der Waals surface area contributed by atoms with Crippen molar-refractivity contribution in [3.63, 3.8) is 0 Å². The van der Waals surface area contributed by atoms with Gasteiger partial charge in [0.25, 0.3) is 0 Å². The zero-order valence-corrected chi connectivity index (χ0v) is 7.51. The summed E-state index contributed by atoms with van der Waals surface area (Å²) in [6.07, 6.45) is 6.07. The van der Waals surface area contributed by atoms with Crippen LogP contribution < -0.4 is 0 Å². The van der Waals surface area contributed by atoms with Crippen LogP contribution >= 0.6 is 0 Å². The predicted molar refractivity (Wildman–Crippen MR) is 48.1 cm³/mol. The minimum Gasteiger partial charge on any atom is -0.198 e. The van der Waals surface area contributed by atoms with Gasteiger partial charge in [-0.05, 0) is 26.2 Å². The molecule has 0 aromatic heterocycles. The fourth-order valence-corrected chi connectivity index (χ4v) is 0.931. The van der Waals surface area contributed by atoms with Crippen molar-refractivity contribution >= 4 is 0 Å². The normalized spacial score (nSPS) is 10.4. The van der Waals surface area contributed by atoms with E-state index in [1.54, 1.807) is 0 Å². The van der Waals surface area contributed by atoms with Gasteiger partial charge in [-0.15, -0.1) is 0 Å². The Bertz CT molecular complexity index is 215. The van der Waals surface area contributed by atoms with Crippen molar-refractivity contribution in [2.45, 2.75) is 39.0 Å². The highest BCUT2D eigenvalue weighted by atomic mass is 14.2. The molecule has 2 heteroatoms. The third-order valence-electron chi connectivity index (χ3n) is 1.61. The monoisotopic (exact) mass is 162 g/mol. The molecular formula is C10H14N2. The molecule has 0 saturated heterocycles. The number of nitrogens with zero attached hydrogens (tertiary/aromatic N) is 2. The van der Waals surface area contributed by atoms with Crippen LogP contribution in [0.3, 0.4) is 0 Å². The van der Waals surface area contributed by atoms with Gasteiger partial charge >= 0.3 is 0 Å². The van der Waals surface area contributed by atoms with Crippen molar-refractivity contribution in [1.82, 2.24) is 0 Å². The van der Waals surface area contributed by atoms with E-state index in [1.165, 1.54) is 5.57 Å². The standard InChI is InChI=1S/C10H14N2/c1-10(6-2-4-8-11)7-3-5-9-12/h6H,2-5,7H2,1H3. The largest absolute Gasteiger partial charge is 0.198 e. The molecule has 0 radical (unpaired) electrons. The molecule has 0 rings (SSSR count). The minimum absolute atomic E-state index is 0.593. The molecule has 64 valence electrons. The van der Waals surface area contributed by atoms with E-state index < -0.39 is 0 Å². The number of allylic oxidation sites excluding steroid dienone is 2. The van der Waals surface area contributed by atoms with Gasteiger partial charge in [0.15, 0.2) is 0 Å². The van der Waals surface area contributed by atoms with Gasteiger partial charge in [0.05, 0.1) is 12.1 Å². The molecule has 0 aliphatic rings. The molecule has 0 N–H and O–H groups in total. The fourth-order valence-electron chi connectivity index (χ4n) is 0.931. The van der Waals surface area contributed by atoms with Crippen LogP contribution in [0.15, 0.2) is 11.6 Å². The number of hydrogen-bond acceptors (Lipinski definition) is 2. The van der Waals surface area contributed by atoms with E-state index in [9.17, 15) is 0 Å². The molecule has 0 aliphatic carbocycles. The van der Waals surface area contributed by atoms with Crippen molar-refractivity contribution in [2.24, 2.45) is 0 Å². The van der Waals surface area contributed by atoms with Gasteiger partial charge in [-0.1, -0.05) is 11.6 Å². The summed E-state index contributed by atoms with van der Waals surface area (Å²) in [5.74, 6) is 0. The molecule has 0 bridgehead atoms. The Morgan fingerprint density at radius 2 is 1.92 bits per heavy atom. The second-order valence-corrected chi connectivity index (χ2v) is 2.76. The van der Waals surface area contributed by atoms with E-state index in [1.807, 2.05) is 0 Å². The molecule has 0 saturated carbocycles. The first-order chi connectivity index (χ1) is 5.81. The maximum absolute atomic E-state index is 8.28. The Hall–Kier alpha value is -1.28.